The van der Waals surface area contributed by atoms with Gasteiger partial charge in [-0.15, -0.1) is 0 Å². The molecule has 3 rings (SSSR count). The number of hydrogen-bond acceptors (Lipinski definition) is 4. The van der Waals surface area contributed by atoms with Crippen LogP contribution in [0, 0.1) is 17.1 Å². The van der Waals surface area contributed by atoms with E-state index in [2.05, 4.69) is 5.32 Å². The first-order valence-corrected chi connectivity index (χ1v) is 7.86. The maximum Gasteiger partial charge on any atom is 0.325 e. The fourth-order valence-electron chi connectivity index (χ4n) is 2.93. The molecule has 1 atom stereocenters. The van der Waals surface area contributed by atoms with Crippen LogP contribution in [0.4, 0.5) is 9.18 Å². The molecule has 0 saturated carbocycles. The first kappa shape index (κ1) is 17.4. The van der Waals surface area contributed by atoms with Crippen molar-refractivity contribution in [1.82, 2.24) is 10.2 Å². The van der Waals surface area contributed by atoms with Crippen molar-refractivity contribution in [3.63, 3.8) is 0 Å². The van der Waals surface area contributed by atoms with E-state index in [1.54, 1.807) is 37.3 Å². The summed E-state index contributed by atoms with van der Waals surface area (Å²) in [5.74, 6) is -0.945. The average Bonchev–Trinajstić information content (AvgIpc) is 2.86. The van der Waals surface area contributed by atoms with Crippen LogP contribution in [0.3, 0.4) is 0 Å². The molecule has 0 unspecified atom stereocenters. The van der Waals surface area contributed by atoms with Crippen LogP contribution in [0.25, 0.3) is 0 Å². The molecule has 26 heavy (non-hydrogen) atoms. The van der Waals surface area contributed by atoms with E-state index in [9.17, 15) is 14.0 Å². The minimum atomic E-state index is -1.28. The lowest BCUT2D eigenvalue weighted by Crippen LogP contribution is -2.40. The number of hydrogen-bond donors (Lipinski definition) is 1. The topological polar surface area (TPSA) is 82.4 Å². The monoisotopic (exact) mass is 353 g/mol. The Bertz CT molecular complexity index is 938. The second-order valence-electron chi connectivity index (χ2n) is 6.11. The van der Waals surface area contributed by atoms with E-state index in [0.717, 1.165) is 4.90 Å². The van der Waals surface area contributed by atoms with Crippen molar-refractivity contribution in [3.05, 3.63) is 65.0 Å². The Morgan fingerprint density at radius 1 is 1.27 bits per heavy atom. The Hall–Kier alpha value is -3.40. The van der Waals surface area contributed by atoms with Gasteiger partial charge in [0.1, 0.15) is 5.54 Å². The van der Waals surface area contributed by atoms with Gasteiger partial charge in [0, 0.05) is 0 Å². The highest BCUT2D eigenvalue weighted by molar-refractivity contribution is 6.07. The zero-order valence-electron chi connectivity index (χ0n) is 14.2. The van der Waals surface area contributed by atoms with E-state index >= 15 is 0 Å². The molecule has 7 heteroatoms. The third-order valence-electron chi connectivity index (χ3n) is 4.40. The molecule has 1 heterocycles. The number of rotatable bonds is 4. The van der Waals surface area contributed by atoms with Gasteiger partial charge in [-0.25, -0.2) is 9.18 Å². The lowest BCUT2D eigenvalue weighted by molar-refractivity contribution is -0.131. The molecular formula is C19H16FN3O3. The van der Waals surface area contributed by atoms with Gasteiger partial charge in [-0.3, -0.25) is 9.69 Å². The van der Waals surface area contributed by atoms with Gasteiger partial charge in [0.05, 0.1) is 25.3 Å². The molecule has 0 spiro atoms. The Labute approximate surface area is 149 Å². The van der Waals surface area contributed by atoms with E-state index in [1.165, 1.54) is 19.2 Å². The number of carbonyl (C=O) groups is 2. The number of nitrogens with zero attached hydrogens (tertiary/aromatic N) is 2. The predicted molar refractivity (Wildman–Crippen MR) is 90.5 cm³/mol. The molecule has 0 bridgehead atoms. The molecule has 1 N–H and O–H groups in total. The van der Waals surface area contributed by atoms with Crippen LogP contribution in [0.2, 0.25) is 0 Å². The maximum absolute atomic E-state index is 13.9. The first-order valence-electron chi connectivity index (χ1n) is 7.86. The molecule has 6 nitrogen and oxygen atoms in total. The SMILES string of the molecule is COc1ccc(CN2C(=O)N[C@@](C)(c3cccc(C#N)c3)C2=O)cc1F. The molecule has 1 fully saturated rings. The minimum Gasteiger partial charge on any atom is -0.494 e. The molecule has 1 aliphatic rings. The van der Waals surface area contributed by atoms with Gasteiger partial charge in [0.25, 0.3) is 5.91 Å². The van der Waals surface area contributed by atoms with Gasteiger partial charge in [0.2, 0.25) is 0 Å². The summed E-state index contributed by atoms with van der Waals surface area (Å²) in [5.41, 5.74) is 0.0798. The van der Waals surface area contributed by atoms with Gasteiger partial charge < -0.3 is 10.1 Å². The quantitative estimate of drug-likeness (QED) is 0.857. The average molecular weight is 353 g/mol. The van der Waals surface area contributed by atoms with Crippen molar-refractivity contribution in [2.45, 2.75) is 19.0 Å². The van der Waals surface area contributed by atoms with Gasteiger partial charge in [-0.2, -0.15) is 5.26 Å². The van der Waals surface area contributed by atoms with E-state index in [-0.39, 0.29) is 12.3 Å². The Balaban J connectivity index is 1.89. The predicted octanol–water partition coefficient (Wildman–Crippen LogP) is 2.67. The Kier molecular flexibility index (Phi) is 4.34. The second kappa shape index (κ2) is 6.48. The molecular weight excluding hydrogens is 337 g/mol. The normalized spacial score (nSPS) is 19.2. The molecule has 0 aliphatic carbocycles. The molecule has 0 radical (unpaired) electrons. The van der Waals surface area contributed by atoms with Crippen molar-refractivity contribution >= 4 is 11.9 Å². The zero-order chi connectivity index (χ0) is 18.9. The summed E-state index contributed by atoms with van der Waals surface area (Å²) in [6.45, 7) is 1.51. The summed E-state index contributed by atoms with van der Waals surface area (Å²) in [7, 11) is 1.36. The van der Waals surface area contributed by atoms with Crippen LogP contribution in [-0.4, -0.2) is 23.9 Å². The number of imide groups is 1. The molecule has 3 amide bonds. The van der Waals surface area contributed by atoms with Crippen LogP contribution in [0.5, 0.6) is 5.75 Å². The number of benzene rings is 2. The summed E-state index contributed by atoms with van der Waals surface area (Å²) in [6, 6.07) is 12.2. The third-order valence-corrected chi connectivity index (χ3v) is 4.40. The molecule has 132 valence electrons. The van der Waals surface area contributed by atoms with Crippen molar-refractivity contribution in [2.24, 2.45) is 0 Å². The first-order chi connectivity index (χ1) is 12.4. The summed E-state index contributed by atoms with van der Waals surface area (Å²) in [6.07, 6.45) is 0. The van der Waals surface area contributed by atoms with E-state index in [1.807, 2.05) is 6.07 Å². The Morgan fingerprint density at radius 2 is 2.04 bits per heavy atom. The van der Waals surface area contributed by atoms with Crippen LogP contribution < -0.4 is 10.1 Å². The van der Waals surface area contributed by atoms with Crippen LogP contribution >= 0.6 is 0 Å². The number of methoxy groups -OCH3 is 1. The molecule has 2 aromatic carbocycles. The van der Waals surface area contributed by atoms with Crippen LogP contribution in [0.1, 0.15) is 23.6 Å². The van der Waals surface area contributed by atoms with Crippen molar-refractivity contribution in [3.8, 4) is 11.8 Å². The van der Waals surface area contributed by atoms with Gasteiger partial charge in [-0.1, -0.05) is 18.2 Å². The zero-order valence-corrected chi connectivity index (χ0v) is 14.2. The highest BCUT2D eigenvalue weighted by atomic mass is 19.1. The maximum atomic E-state index is 13.9. The smallest absolute Gasteiger partial charge is 0.325 e. The number of nitriles is 1. The van der Waals surface area contributed by atoms with Crippen molar-refractivity contribution < 1.29 is 18.7 Å². The number of ether oxygens (including phenoxy) is 1. The van der Waals surface area contributed by atoms with Crippen molar-refractivity contribution in [1.29, 1.82) is 5.26 Å². The van der Waals surface area contributed by atoms with Gasteiger partial charge >= 0.3 is 6.03 Å². The van der Waals surface area contributed by atoms with E-state index in [0.29, 0.717) is 16.7 Å². The summed E-state index contributed by atoms with van der Waals surface area (Å²) in [4.78, 5) is 26.3. The number of halogens is 1. The van der Waals surface area contributed by atoms with Crippen molar-refractivity contribution in [2.75, 3.05) is 7.11 Å². The van der Waals surface area contributed by atoms with Gasteiger partial charge in [0.15, 0.2) is 11.6 Å². The number of carbonyl (C=O) groups excluding carboxylic acids is 2. The largest absolute Gasteiger partial charge is 0.494 e. The fourth-order valence-corrected chi connectivity index (χ4v) is 2.93. The lowest BCUT2D eigenvalue weighted by Gasteiger charge is -2.22. The number of urea groups is 1. The Morgan fingerprint density at radius 3 is 2.69 bits per heavy atom. The molecule has 1 aliphatic heterocycles. The number of amides is 3. The molecule has 1 saturated heterocycles. The van der Waals surface area contributed by atoms with Crippen LogP contribution in [0.15, 0.2) is 42.5 Å². The summed E-state index contributed by atoms with van der Waals surface area (Å²) < 4.78 is 18.7. The van der Waals surface area contributed by atoms with Gasteiger partial charge in [-0.05, 0) is 42.3 Å². The highest BCUT2D eigenvalue weighted by Crippen LogP contribution is 2.30. The molecule has 2 aromatic rings. The van der Waals surface area contributed by atoms with Crippen LogP contribution in [-0.2, 0) is 16.9 Å². The lowest BCUT2D eigenvalue weighted by atomic mass is 9.91. The summed E-state index contributed by atoms with van der Waals surface area (Å²) >= 11 is 0. The summed E-state index contributed by atoms with van der Waals surface area (Å²) in [5, 5.41) is 11.7. The standard InChI is InChI=1S/C19H16FN3O3/c1-19(14-5-3-4-12(8-14)10-21)17(24)23(18(25)22-19)11-13-6-7-16(26-2)15(20)9-13/h3-9H,11H2,1-2H3,(H,22,25)/t19-/m0/s1. The minimum absolute atomic E-state index is 0.0703. The second-order valence-corrected chi connectivity index (χ2v) is 6.11. The fraction of sp³-hybridized carbons (Fsp3) is 0.211. The van der Waals surface area contributed by atoms with E-state index in [4.69, 9.17) is 10.00 Å². The number of nitrogens with one attached hydrogen (secondary N) is 1. The molecule has 0 aromatic heterocycles. The third kappa shape index (κ3) is 2.86. The highest BCUT2D eigenvalue weighted by Gasteiger charge is 2.48. The van der Waals surface area contributed by atoms with E-state index < -0.39 is 23.3 Å².